The molecule has 2 rings (SSSR count). The number of hydrogen-bond acceptors (Lipinski definition) is 3. The zero-order valence-electron chi connectivity index (χ0n) is 11.9. The fourth-order valence-electron chi connectivity index (χ4n) is 2.12. The minimum Gasteiger partial charge on any atom is -0.492 e. The third kappa shape index (κ3) is 3.25. The number of halogens is 1. The quantitative estimate of drug-likeness (QED) is 0.870. The van der Waals surface area contributed by atoms with Gasteiger partial charge in [0.05, 0.1) is 11.1 Å². The molecule has 0 bridgehead atoms. The number of ether oxygens (including phenoxy) is 1. The molecular weight excluding hydrogens is 320 g/mol. The number of aryl methyl sites for hydroxylation is 2. The zero-order chi connectivity index (χ0) is 14.7. The molecule has 3 nitrogen and oxygen atoms in total. The van der Waals surface area contributed by atoms with Crippen molar-refractivity contribution in [2.45, 2.75) is 33.3 Å². The molecule has 0 spiro atoms. The van der Waals surface area contributed by atoms with Gasteiger partial charge in [-0.25, -0.2) is 0 Å². The Bertz CT molecular complexity index is 589. The van der Waals surface area contributed by atoms with Crippen LogP contribution in [-0.2, 0) is 0 Å². The van der Waals surface area contributed by atoms with Crippen LogP contribution in [0.5, 0.6) is 5.75 Å². The molecule has 108 valence electrons. The van der Waals surface area contributed by atoms with Gasteiger partial charge in [0, 0.05) is 5.56 Å². The lowest BCUT2D eigenvalue weighted by Crippen LogP contribution is -2.01. The van der Waals surface area contributed by atoms with Crippen LogP contribution in [-0.4, -0.2) is 11.7 Å². The lowest BCUT2D eigenvalue weighted by Gasteiger charge is -2.13. The van der Waals surface area contributed by atoms with E-state index in [2.05, 4.69) is 22.9 Å². The highest BCUT2D eigenvalue weighted by atomic mass is 79.9. The van der Waals surface area contributed by atoms with E-state index in [1.807, 2.05) is 38.1 Å². The van der Waals surface area contributed by atoms with Gasteiger partial charge in [-0.05, 0) is 60.0 Å². The standard InChI is InChI=1S/C16H19BrO3/c1-4-7-19-15-6-5-12(9-14(15)17)16(18)13-8-10(2)20-11(13)3/h5-6,8-9,16,18H,4,7H2,1-3H3. The van der Waals surface area contributed by atoms with Gasteiger partial charge in [0.2, 0.25) is 0 Å². The van der Waals surface area contributed by atoms with Crippen LogP contribution in [0.15, 0.2) is 33.2 Å². The first kappa shape index (κ1) is 15.1. The van der Waals surface area contributed by atoms with Crippen LogP contribution in [0.25, 0.3) is 0 Å². The predicted molar refractivity (Wildman–Crippen MR) is 82.2 cm³/mol. The van der Waals surface area contributed by atoms with E-state index < -0.39 is 6.10 Å². The maximum Gasteiger partial charge on any atom is 0.133 e. The van der Waals surface area contributed by atoms with Crippen molar-refractivity contribution in [1.29, 1.82) is 0 Å². The molecule has 1 unspecified atom stereocenters. The van der Waals surface area contributed by atoms with Crippen molar-refractivity contribution in [1.82, 2.24) is 0 Å². The summed E-state index contributed by atoms with van der Waals surface area (Å²) in [6.45, 7) is 6.48. The van der Waals surface area contributed by atoms with E-state index in [-0.39, 0.29) is 0 Å². The minimum absolute atomic E-state index is 0.681. The number of rotatable bonds is 5. The van der Waals surface area contributed by atoms with Gasteiger partial charge in [0.15, 0.2) is 0 Å². The number of aliphatic hydroxyl groups excluding tert-OH is 1. The summed E-state index contributed by atoms with van der Waals surface area (Å²) >= 11 is 3.48. The maximum atomic E-state index is 10.5. The fraction of sp³-hybridized carbons (Fsp3) is 0.375. The molecule has 0 radical (unpaired) electrons. The van der Waals surface area contributed by atoms with Crippen molar-refractivity contribution < 1.29 is 14.3 Å². The summed E-state index contributed by atoms with van der Waals surface area (Å²) < 4.78 is 11.9. The van der Waals surface area contributed by atoms with E-state index in [1.165, 1.54) is 0 Å². The van der Waals surface area contributed by atoms with Crippen molar-refractivity contribution in [3.8, 4) is 5.75 Å². The molecule has 1 heterocycles. The maximum absolute atomic E-state index is 10.5. The predicted octanol–water partition coefficient (Wildman–Crippen LogP) is 4.53. The Morgan fingerprint density at radius 3 is 2.60 bits per heavy atom. The van der Waals surface area contributed by atoms with Crippen LogP contribution >= 0.6 is 15.9 Å². The summed E-state index contributed by atoms with van der Waals surface area (Å²) in [4.78, 5) is 0. The first-order valence-electron chi connectivity index (χ1n) is 6.70. The largest absolute Gasteiger partial charge is 0.492 e. The van der Waals surface area contributed by atoms with Crippen LogP contribution in [0.2, 0.25) is 0 Å². The van der Waals surface area contributed by atoms with Crippen molar-refractivity contribution >= 4 is 15.9 Å². The van der Waals surface area contributed by atoms with Crippen molar-refractivity contribution in [2.75, 3.05) is 6.61 Å². The smallest absolute Gasteiger partial charge is 0.133 e. The highest BCUT2D eigenvalue weighted by Gasteiger charge is 2.17. The zero-order valence-corrected chi connectivity index (χ0v) is 13.5. The molecule has 1 atom stereocenters. The van der Waals surface area contributed by atoms with E-state index in [0.29, 0.717) is 6.61 Å². The number of aliphatic hydroxyl groups is 1. The van der Waals surface area contributed by atoms with Gasteiger partial charge in [-0.2, -0.15) is 0 Å². The monoisotopic (exact) mass is 338 g/mol. The van der Waals surface area contributed by atoms with Crippen LogP contribution < -0.4 is 4.74 Å². The van der Waals surface area contributed by atoms with Crippen LogP contribution in [0.1, 0.15) is 42.1 Å². The third-order valence-electron chi connectivity index (χ3n) is 3.11. The molecule has 0 fully saturated rings. The molecule has 1 N–H and O–H groups in total. The summed E-state index contributed by atoms with van der Waals surface area (Å²) in [6, 6.07) is 7.51. The average molecular weight is 339 g/mol. The molecule has 4 heteroatoms. The first-order chi connectivity index (χ1) is 9.52. The van der Waals surface area contributed by atoms with E-state index in [9.17, 15) is 5.11 Å². The molecular formula is C16H19BrO3. The van der Waals surface area contributed by atoms with Gasteiger partial charge in [0.1, 0.15) is 23.4 Å². The molecule has 0 aliphatic carbocycles. The van der Waals surface area contributed by atoms with E-state index in [0.717, 1.165) is 39.3 Å². The van der Waals surface area contributed by atoms with Crippen LogP contribution in [0, 0.1) is 13.8 Å². The molecule has 0 aliphatic heterocycles. The van der Waals surface area contributed by atoms with Crippen molar-refractivity contribution in [3.63, 3.8) is 0 Å². The number of hydrogen-bond donors (Lipinski definition) is 1. The molecule has 0 aliphatic rings. The molecule has 2 aromatic rings. The molecule has 1 aromatic carbocycles. The fourth-order valence-corrected chi connectivity index (χ4v) is 2.63. The SMILES string of the molecule is CCCOc1ccc(C(O)c2cc(C)oc2C)cc1Br. The highest BCUT2D eigenvalue weighted by molar-refractivity contribution is 9.10. The number of furan rings is 1. The molecule has 20 heavy (non-hydrogen) atoms. The topological polar surface area (TPSA) is 42.6 Å². The second-order valence-electron chi connectivity index (χ2n) is 4.81. The van der Waals surface area contributed by atoms with Gasteiger partial charge in [-0.1, -0.05) is 13.0 Å². The Kier molecular flexibility index (Phi) is 4.89. The summed E-state index contributed by atoms with van der Waals surface area (Å²) in [5.74, 6) is 2.35. The van der Waals surface area contributed by atoms with E-state index in [1.54, 1.807) is 0 Å². The number of benzene rings is 1. The normalized spacial score (nSPS) is 12.4. The lowest BCUT2D eigenvalue weighted by atomic mass is 10.0. The molecule has 0 saturated heterocycles. The first-order valence-corrected chi connectivity index (χ1v) is 7.49. The Hall–Kier alpha value is -1.26. The molecule has 0 saturated carbocycles. The summed E-state index contributed by atoms with van der Waals surface area (Å²) in [7, 11) is 0. The van der Waals surface area contributed by atoms with Gasteiger partial charge in [-0.15, -0.1) is 0 Å². The average Bonchev–Trinajstić information content (AvgIpc) is 2.75. The lowest BCUT2D eigenvalue weighted by molar-refractivity contribution is 0.217. The Morgan fingerprint density at radius 1 is 1.30 bits per heavy atom. The second-order valence-corrected chi connectivity index (χ2v) is 5.66. The van der Waals surface area contributed by atoms with Crippen molar-refractivity contribution in [3.05, 3.63) is 51.4 Å². The van der Waals surface area contributed by atoms with E-state index in [4.69, 9.17) is 9.15 Å². The third-order valence-corrected chi connectivity index (χ3v) is 3.73. The summed E-state index contributed by atoms with van der Waals surface area (Å²) in [5, 5.41) is 10.5. The van der Waals surface area contributed by atoms with Gasteiger partial charge >= 0.3 is 0 Å². The second kappa shape index (κ2) is 6.46. The Balaban J connectivity index is 2.25. The van der Waals surface area contributed by atoms with Crippen LogP contribution in [0.4, 0.5) is 0 Å². The van der Waals surface area contributed by atoms with Gasteiger partial charge < -0.3 is 14.3 Å². The van der Waals surface area contributed by atoms with Crippen LogP contribution in [0.3, 0.4) is 0 Å². The summed E-state index contributed by atoms with van der Waals surface area (Å²) in [5.41, 5.74) is 1.61. The van der Waals surface area contributed by atoms with Gasteiger partial charge in [0.25, 0.3) is 0 Å². The Labute approximate surface area is 127 Å². The van der Waals surface area contributed by atoms with Crippen molar-refractivity contribution in [2.24, 2.45) is 0 Å². The Morgan fingerprint density at radius 2 is 2.05 bits per heavy atom. The van der Waals surface area contributed by atoms with E-state index >= 15 is 0 Å². The van der Waals surface area contributed by atoms with Gasteiger partial charge in [-0.3, -0.25) is 0 Å². The highest BCUT2D eigenvalue weighted by Crippen LogP contribution is 2.32. The molecule has 0 amide bonds. The molecule has 1 aromatic heterocycles. The minimum atomic E-state index is -0.691. The summed E-state index contributed by atoms with van der Waals surface area (Å²) in [6.07, 6.45) is 0.272.